The third-order valence-corrected chi connectivity index (χ3v) is 4.01. The maximum atomic E-state index is 5.50. The van der Waals surface area contributed by atoms with Crippen molar-refractivity contribution in [1.82, 2.24) is 10.6 Å². The maximum absolute atomic E-state index is 5.50. The fraction of sp³-hybridized carbons (Fsp3) is 0.667. The topological polar surface area (TPSA) is 45.7 Å². The van der Waals surface area contributed by atoms with Gasteiger partial charge >= 0.3 is 0 Å². The third-order valence-electron chi connectivity index (χ3n) is 2.78. The Bertz CT molecular complexity index is 407. The first kappa shape index (κ1) is 20.7. The third kappa shape index (κ3) is 9.31. The molecule has 0 atom stereocenters. The Labute approximate surface area is 149 Å². The Balaban J connectivity index is 0.00000400. The van der Waals surface area contributed by atoms with Gasteiger partial charge in [-0.15, -0.1) is 35.3 Å². The summed E-state index contributed by atoms with van der Waals surface area (Å²) >= 11 is 1.86. The molecule has 0 saturated carbocycles. The van der Waals surface area contributed by atoms with Gasteiger partial charge in [-0.1, -0.05) is 6.92 Å². The minimum atomic E-state index is 0. The Kier molecular flexibility index (Phi) is 12.0. The van der Waals surface area contributed by atoms with Crippen molar-refractivity contribution in [3.63, 3.8) is 0 Å². The Morgan fingerprint density at radius 2 is 2.00 bits per heavy atom. The van der Waals surface area contributed by atoms with Crippen LogP contribution in [0.5, 0.6) is 0 Å². The van der Waals surface area contributed by atoms with Crippen molar-refractivity contribution in [2.45, 2.75) is 46.3 Å². The van der Waals surface area contributed by atoms with Gasteiger partial charge in [-0.05, 0) is 38.8 Å². The highest BCUT2D eigenvalue weighted by Gasteiger charge is 2.01. The Morgan fingerprint density at radius 3 is 2.57 bits per heavy atom. The summed E-state index contributed by atoms with van der Waals surface area (Å²) in [4.78, 5) is 6.99. The monoisotopic (exact) mass is 425 g/mol. The molecule has 0 radical (unpaired) electrons. The summed E-state index contributed by atoms with van der Waals surface area (Å²) in [7, 11) is 1.80. The van der Waals surface area contributed by atoms with Crippen LogP contribution in [0.2, 0.25) is 0 Å². The number of nitrogens with zero attached hydrogens (tertiary/aromatic N) is 1. The van der Waals surface area contributed by atoms with Crippen LogP contribution in [0.25, 0.3) is 0 Å². The maximum Gasteiger partial charge on any atom is 0.191 e. The van der Waals surface area contributed by atoms with Crippen molar-refractivity contribution in [2.75, 3.05) is 20.2 Å². The van der Waals surface area contributed by atoms with E-state index in [-0.39, 0.29) is 24.0 Å². The van der Waals surface area contributed by atoms with Gasteiger partial charge in [0.15, 0.2) is 5.96 Å². The van der Waals surface area contributed by atoms with Crippen LogP contribution in [0.15, 0.2) is 17.1 Å². The number of hydrogen-bond donors (Lipinski definition) is 2. The molecule has 6 heteroatoms. The van der Waals surface area contributed by atoms with Gasteiger partial charge in [0.25, 0.3) is 0 Å². The number of halogens is 1. The van der Waals surface area contributed by atoms with E-state index in [0.717, 1.165) is 38.5 Å². The van der Waals surface area contributed by atoms with E-state index in [2.05, 4.69) is 48.5 Å². The van der Waals surface area contributed by atoms with Crippen LogP contribution < -0.4 is 10.6 Å². The van der Waals surface area contributed by atoms with Crippen molar-refractivity contribution >= 4 is 41.3 Å². The summed E-state index contributed by atoms with van der Waals surface area (Å²) < 4.78 is 5.50. The summed E-state index contributed by atoms with van der Waals surface area (Å²) in [5, 5.41) is 6.63. The average Bonchev–Trinajstić information content (AvgIpc) is 2.89. The van der Waals surface area contributed by atoms with Gasteiger partial charge in [0.1, 0.15) is 0 Å². The van der Waals surface area contributed by atoms with Crippen LogP contribution >= 0.6 is 35.3 Å². The van der Waals surface area contributed by atoms with Crippen LogP contribution in [0.1, 0.15) is 36.9 Å². The first-order valence-corrected chi connectivity index (χ1v) is 8.11. The second-order valence-electron chi connectivity index (χ2n) is 4.85. The molecule has 0 aliphatic rings. The molecular weight excluding hydrogens is 397 g/mol. The highest BCUT2D eigenvalue weighted by molar-refractivity contribution is 14.0. The molecule has 0 amide bonds. The van der Waals surface area contributed by atoms with Crippen LogP contribution in [0, 0.1) is 0 Å². The molecule has 1 rings (SSSR count). The zero-order valence-corrected chi connectivity index (χ0v) is 16.6. The Morgan fingerprint density at radius 1 is 1.29 bits per heavy atom. The minimum Gasteiger partial charge on any atom is -0.379 e. The molecule has 1 aromatic heterocycles. The van der Waals surface area contributed by atoms with Crippen molar-refractivity contribution < 1.29 is 4.74 Å². The quantitative estimate of drug-likeness (QED) is 0.291. The number of ether oxygens (including phenoxy) is 1. The smallest absolute Gasteiger partial charge is 0.191 e. The summed E-state index contributed by atoms with van der Waals surface area (Å²) in [5.74, 6) is 0.848. The lowest BCUT2D eigenvalue weighted by molar-refractivity contribution is 0.0776. The van der Waals surface area contributed by atoms with Crippen LogP contribution in [0.3, 0.4) is 0 Å². The van der Waals surface area contributed by atoms with E-state index < -0.39 is 0 Å². The average molecular weight is 425 g/mol. The molecule has 0 saturated heterocycles. The zero-order valence-electron chi connectivity index (χ0n) is 13.4. The summed E-state index contributed by atoms with van der Waals surface area (Å²) in [6, 6.07) is 4.38. The molecule has 0 bridgehead atoms. The van der Waals surface area contributed by atoms with Gasteiger partial charge < -0.3 is 15.4 Å². The van der Waals surface area contributed by atoms with E-state index in [0.29, 0.717) is 6.10 Å². The molecule has 0 spiro atoms. The first-order chi connectivity index (χ1) is 9.65. The molecule has 0 fully saturated rings. The SMILES string of the molecule is CCc1ccc(CNC(=NC)NCCCOC(C)C)s1.I. The normalized spacial score (nSPS) is 11.4. The molecule has 1 heterocycles. The fourth-order valence-corrected chi connectivity index (χ4v) is 2.59. The molecule has 2 N–H and O–H groups in total. The summed E-state index contributed by atoms with van der Waals surface area (Å²) in [6.45, 7) is 8.78. The highest BCUT2D eigenvalue weighted by Crippen LogP contribution is 2.16. The molecule has 0 unspecified atom stereocenters. The predicted molar refractivity (Wildman–Crippen MR) is 103 cm³/mol. The van der Waals surface area contributed by atoms with Crippen LogP contribution in [0.4, 0.5) is 0 Å². The molecule has 1 aromatic rings. The Hall–Kier alpha value is -0.340. The summed E-state index contributed by atoms with van der Waals surface area (Å²) in [6.07, 6.45) is 2.39. The zero-order chi connectivity index (χ0) is 14.8. The van der Waals surface area contributed by atoms with Crippen molar-refractivity contribution in [3.05, 3.63) is 21.9 Å². The van der Waals surface area contributed by atoms with E-state index in [1.54, 1.807) is 7.05 Å². The lowest BCUT2D eigenvalue weighted by Crippen LogP contribution is -2.37. The van der Waals surface area contributed by atoms with E-state index in [9.17, 15) is 0 Å². The number of hydrogen-bond acceptors (Lipinski definition) is 3. The van der Waals surface area contributed by atoms with E-state index >= 15 is 0 Å². The molecule has 0 aromatic carbocycles. The number of aryl methyl sites for hydroxylation is 1. The van der Waals surface area contributed by atoms with Gasteiger partial charge in [0.05, 0.1) is 12.6 Å². The highest BCUT2D eigenvalue weighted by atomic mass is 127. The van der Waals surface area contributed by atoms with Crippen LogP contribution in [-0.2, 0) is 17.7 Å². The first-order valence-electron chi connectivity index (χ1n) is 7.29. The molecule has 0 aliphatic heterocycles. The lowest BCUT2D eigenvalue weighted by Gasteiger charge is -2.12. The van der Waals surface area contributed by atoms with Gasteiger partial charge in [-0.3, -0.25) is 4.99 Å². The minimum absolute atomic E-state index is 0. The number of nitrogens with one attached hydrogen (secondary N) is 2. The largest absolute Gasteiger partial charge is 0.379 e. The van der Waals surface area contributed by atoms with Gasteiger partial charge in [-0.2, -0.15) is 0 Å². The predicted octanol–water partition coefficient (Wildman–Crippen LogP) is 3.41. The van der Waals surface area contributed by atoms with E-state index in [1.807, 2.05) is 11.3 Å². The number of thiophene rings is 1. The van der Waals surface area contributed by atoms with Gasteiger partial charge in [-0.25, -0.2) is 0 Å². The van der Waals surface area contributed by atoms with Crippen molar-refractivity contribution in [3.8, 4) is 0 Å². The van der Waals surface area contributed by atoms with Gasteiger partial charge in [0, 0.05) is 30.0 Å². The summed E-state index contributed by atoms with van der Waals surface area (Å²) in [5.41, 5.74) is 0. The van der Waals surface area contributed by atoms with Crippen molar-refractivity contribution in [1.29, 1.82) is 0 Å². The number of rotatable bonds is 8. The van der Waals surface area contributed by atoms with E-state index in [1.165, 1.54) is 9.75 Å². The van der Waals surface area contributed by atoms with E-state index in [4.69, 9.17) is 4.74 Å². The van der Waals surface area contributed by atoms with Crippen molar-refractivity contribution in [2.24, 2.45) is 4.99 Å². The standard InChI is InChI=1S/C15H27N3OS.HI/c1-5-13-7-8-14(20-13)11-18-15(16-4)17-9-6-10-19-12(2)3;/h7-8,12H,5-6,9-11H2,1-4H3,(H2,16,17,18);1H. The number of aliphatic imine (C=N–C) groups is 1. The second-order valence-corrected chi connectivity index (χ2v) is 6.10. The second kappa shape index (κ2) is 12.2. The fourth-order valence-electron chi connectivity index (χ4n) is 1.70. The molecule has 4 nitrogen and oxygen atoms in total. The molecule has 122 valence electrons. The van der Waals surface area contributed by atoms with Gasteiger partial charge in [0.2, 0.25) is 0 Å². The molecule has 21 heavy (non-hydrogen) atoms. The molecular formula is C15H28IN3OS. The lowest BCUT2D eigenvalue weighted by atomic mass is 10.3. The van der Waals surface area contributed by atoms with Crippen LogP contribution in [-0.4, -0.2) is 32.3 Å². The molecule has 0 aliphatic carbocycles. The number of guanidine groups is 1.